The number of anilines is 1. The van der Waals surface area contributed by atoms with Crippen LogP contribution in [0.15, 0.2) is 48.5 Å². The van der Waals surface area contributed by atoms with E-state index in [1.807, 2.05) is 48.5 Å². The van der Waals surface area contributed by atoms with Crippen molar-refractivity contribution in [3.63, 3.8) is 0 Å². The lowest BCUT2D eigenvalue weighted by Crippen LogP contribution is -2.10. The topological polar surface area (TPSA) is 69.4 Å². The summed E-state index contributed by atoms with van der Waals surface area (Å²) in [5.41, 5.74) is 5.30. The van der Waals surface area contributed by atoms with Gasteiger partial charge in [-0.25, -0.2) is 10.8 Å². The molecule has 0 aliphatic heterocycles. The molecule has 5 heteroatoms. The van der Waals surface area contributed by atoms with Crippen molar-refractivity contribution in [2.45, 2.75) is 0 Å². The molecule has 0 saturated heterocycles. The molecule has 0 spiro atoms. The van der Waals surface area contributed by atoms with Gasteiger partial charge in [0.2, 0.25) is 0 Å². The minimum Gasteiger partial charge on any atom is -0.496 e. The molecule has 0 fully saturated rings. The van der Waals surface area contributed by atoms with Gasteiger partial charge in [0, 0.05) is 10.9 Å². The summed E-state index contributed by atoms with van der Waals surface area (Å²) in [6.45, 7) is 0. The van der Waals surface area contributed by atoms with Crippen molar-refractivity contribution in [3.8, 4) is 22.6 Å². The fourth-order valence-corrected chi connectivity index (χ4v) is 2.50. The number of nitrogen functional groups attached to an aromatic ring is 1. The summed E-state index contributed by atoms with van der Waals surface area (Å²) in [7, 11) is 3.25. The van der Waals surface area contributed by atoms with Crippen LogP contribution in [-0.4, -0.2) is 19.2 Å². The second kappa shape index (κ2) is 5.91. The molecule has 0 amide bonds. The number of aromatic nitrogens is 1. The number of benzene rings is 2. The Kier molecular flexibility index (Phi) is 3.80. The molecule has 22 heavy (non-hydrogen) atoms. The standard InChI is InChI=1S/C17H17N3O2/c1-21-14-8-9-15(22-2)16-13(14)10-12(17(19-16)20-18)11-6-4-3-5-7-11/h3-10H,18H2,1-2H3,(H,19,20). The molecule has 0 unspecified atom stereocenters. The summed E-state index contributed by atoms with van der Waals surface area (Å²) in [6, 6.07) is 15.6. The maximum absolute atomic E-state index is 5.66. The number of methoxy groups -OCH3 is 2. The fourth-order valence-electron chi connectivity index (χ4n) is 2.50. The van der Waals surface area contributed by atoms with Gasteiger partial charge < -0.3 is 14.9 Å². The first-order chi connectivity index (χ1) is 10.8. The van der Waals surface area contributed by atoms with Crippen LogP contribution in [0.3, 0.4) is 0 Å². The predicted octanol–water partition coefficient (Wildman–Crippen LogP) is 3.20. The second-order valence-electron chi connectivity index (χ2n) is 4.76. The Morgan fingerprint density at radius 1 is 0.955 bits per heavy atom. The Hall–Kier alpha value is -2.79. The van der Waals surface area contributed by atoms with Gasteiger partial charge in [-0.2, -0.15) is 0 Å². The first-order valence-electron chi connectivity index (χ1n) is 6.86. The first-order valence-corrected chi connectivity index (χ1v) is 6.86. The molecule has 3 N–H and O–H groups in total. The number of ether oxygens (including phenoxy) is 2. The number of nitrogens with two attached hydrogens (primary N) is 1. The lowest BCUT2D eigenvalue weighted by atomic mass is 10.0. The number of pyridine rings is 1. The van der Waals surface area contributed by atoms with Crippen LogP contribution in [0.25, 0.3) is 22.0 Å². The van der Waals surface area contributed by atoms with E-state index >= 15 is 0 Å². The van der Waals surface area contributed by atoms with Crippen molar-refractivity contribution in [3.05, 3.63) is 48.5 Å². The molecule has 3 aromatic rings. The number of fused-ring (bicyclic) bond motifs is 1. The number of hydrogen-bond acceptors (Lipinski definition) is 5. The average Bonchev–Trinajstić information content (AvgIpc) is 2.60. The van der Waals surface area contributed by atoms with E-state index in [2.05, 4.69) is 10.4 Å². The van der Waals surface area contributed by atoms with Crippen LogP contribution < -0.4 is 20.7 Å². The van der Waals surface area contributed by atoms with E-state index in [0.717, 1.165) is 22.3 Å². The van der Waals surface area contributed by atoms with Crippen molar-refractivity contribution < 1.29 is 9.47 Å². The highest BCUT2D eigenvalue weighted by Crippen LogP contribution is 2.37. The van der Waals surface area contributed by atoms with Crippen molar-refractivity contribution in [1.82, 2.24) is 4.98 Å². The van der Waals surface area contributed by atoms with Crippen molar-refractivity contribution in [2.24, 2.45) is 5.84 Å². The maximum atomic E-state index is 5.66. The quantitative estimate of drug-likeness (QED) is 0.571. The van der Waals surface area contributed by atoms with Crippen LogP contribution in [0.1, 0.15) is 0 Å². The molecule has 0 bridgehead atoms. The third-order valence-electron chi connectivity index (χ3n) is 3.57. The zero-order chi connectivity index (χ0) is 15.5. The molecule has 112 valence electrons. The third-order valence-corrected chi connectivity index (χ3v) is 3.57. The molecule has 3 rings (SSSR count). The van der Waals surface area contributed by atoms with E-state index in [-0.39, 0.29) is 0 Å². The molecule has 5 nitrogen and oxygen atoms in total. The van der Waals surface area contributed by atoms with Crippen LogP contribution in [-0.2, 0) is 0 Å². The molecule has 0 saturated carbocycles. The molecule has 2 aromatic carbocycles. The third kappa shape index (κ3) is 2.31. The van der Waals surface area contributed by atoms with Gasteiger partial charge in [0.15, 0.2) is 0 Å². The van der Waals surface area contributed by atoms with E-state index in [1.165, 1.54) is 0 Å². The molecule has 0 atom stereocenters. The zero-order valence-corrected chi connectivity index (χ0v) is 12.5. The predicted molar refractivity (Wildman–Crippen MR) is 88.1 cm³/mol. The highest BCUT2D eigenvalue weighted by Gasteiger charge is 2.14. The maximum Gasteiger partial charge on any atom is 0.148 e. The van der Waals surface area contributed by atoms with Gasteiger partial charge in [-0.3, -0.25) is 0 Å². The molecule has 0 radical (unpaired) electrons. The summed E-state index contributed by atoms with van der Waals surface area (Å²) in [6.07, 6.45) is 0. The van der Waals surface area contributed by atoms with Crippen LogP contribution in [0.5, 0.6) is 11.5 Å². The number of hydrazine groups is 1. The van der Waals surface area contributed by atoms with E-state index in [9.17, 15) is 0 Å². The minimum absolute atomic E-state index is 0.588. The molecule has 0 aliphatic rings. The first kappa shape index (κ1) is 14.2. The van der Waals surface area contributed by atoms with E-state index in [1.54, 1.807) is 14.2 Å². The monoisotopic (exact) mass is 295 g/mol. The lowest BCUT2D eigenvalue weighted by molar-refractivity contribution is 0.410. The summed E-state index contributed by atoms with van der Waals surface area (Å²) in [5.74, 6) is 7.66. The van der Waals surface area contributed by atoms with Crippen molar-refractivity contribution in [2.75, 3.05) is 19.6 Å². The van der Waals surface area contributed by atoms with Crippen LogP contribution in [0.2, 0.25) is 0 Å². The summed E-state index contributed by atoms with van der Waals surface area (Å²) >= 11 is 0. The molecular weight excluding hydrogens is 278 g/mol. The van der Waals surface area contributed by atoms with Crippen LogP contribution in [0.4, 0.5) is 5.82 Å². The van der Waals surface area contributed by atoms with E-state index < -0.39 is 0 Å². The Labute approximate surface area is 128 Å². The van der Waals surface area contributed by atoms with Gasteiger partial charge in [-0.1, -0.05) is 30.3 Å². The largest absolute Gasteiger partial charge is 0.496 e. The molecule has 0 aliphatic carbocycles. The molecular formula is C17H17N3O2. The Morgan fingerprint density at radius 3 is 2.27 bits per heavy atom. The molecule has 1 aromatic heterocycles. The summed E-state index contributed by atoms with van der Waals surface area (Å²) in [4.78, 5) is 4.61. The van der Waals surface area contributed by atoms with Gasteiger partial charge in [-0.15, -0.1) is 0 Å². The highest BCUT2D eigenvalue weighted by atomic mass is 16.5. The Bertz CT molecular complexity index is 804. The van der Waals surface area contributed by atoms with E-state index in [0.29, 0.717) is 17.1 Å². The number of hydrogen-bond donors (Lipinski definition) is 2. The van der Waals surface area contributed by atoms with Crippen molar-refractivity contribution in [1.29, 1.82) is 0 Å². The SMILES string of the molecule is COc1ccc(OC)c2nc(NN)c(-c3ccccc3)cc12. The number of rotatable bonds is 4. The van der Waals surface area contributed by atoms with Gasteiger partial charge in [0.25, 0.3) is 0 Å². The number of nitrogens with one attached hydrogen (secondary N) is 1. The highest BCUT2D eigenvalue weighted by molar-refractivity contribution is 5.96. The lowest BCUT2D eigenvalue weighted by Gasteiger charge is -2.14. The van der Waals surface area contributed by atoms with Gasteiger partial charge >= 0.3 is 0 Å². The summed E-state index contributed by atoms with van der Waals surface area (Å²) < 4.78 is 10.8. The molecule has 1 heterocycles. The van der Waals surface area contributed by atoms with Gasteiger partial charge in [0.1, 0.15) is 22.8 Å². The van der Waals surface area contributed by atoms with Crippen molar-refractivity contribution >= 4 is 16.7 Å². The van der Waals surface area contributed by atoms with E-state index in [4.69, 9.17) is 15.3 Å². The summed E-state index contributed by atoms with van der Waals surface area (Å²) in [5, 5.41) is 0.875. The fraction of sp³-hybridized carbons (Fsp3) is 0.118. The smallest absolute Gasteiger partial charge is 0.148 e. The zero-order valence-electron chi connectivity index (χ0n) is 12.5. The average molecular weight is 295 g/mol. The van der Waals surface area contributed by atoms with Gasteiger partial charge in [-0.05, 0) is 23.8 Å². The number of nitrogens with zero attached hydrogens (tertiary/aromatic N) is 1. The van der Waals surface area contributed by atoms with Crippen LogP contribution in [0, 0.1) is 0 Å². The minimum atomic E-state index is 0.588. The van der Waals surface area contributed by atoms with Gasteiger partial charge in [0.05, 0.1) is 14.2 Å². The second-order valence-corrected chi connectivity index (χ2v) is 4.76. The Balaban J connectivity index is 2.34. The Morgan fingerprint density at radius 2 is 1.64 bits per heavy atom. The van der Waals surface area contributed by atoms with Crippen LogP contribution >= 0.6 is 0 Å². The normalized spacial score (nSPS) is 10.5.